The number of allylic oxidation sites excluding steroid dienone is 2. The van der Waals surface area contributed by atoms with Gasteiger partial charge in [-0.05, 0) is 47.7 Å². The minimum absolute atomic E-state index is 0.0208. The average Bonchev–Trinajstić information content (AvgIpc) is 3.28. The number of fused-ring (bicyclic) bond motifs is 3. The summed E-state index contributed by atoms with van der Waals surface area (Å²) in [6.45, 7) is 0.501. The van der Waals surface area contributed by atoms with Gasteiger partial charge in [0.25, 0.3) is 5.69 Å². The maximum atomic E-state index is 11.3. The summed E-state index contributed by atoms with van der Waals surface area (Å²) in [5.41, 5.74) is 3.75. The van der Waals surface area contributed by atoms with Crippen LogP contribution in [0.2, 0.25) is 0 Å². The van der Waals surface area contributed by atoms with Crippen molar-refractivity contribution in [3.63, 3.8) is 0 Å². The Hall–Kier alpha value is -3.80. The molecule has 31 heavy (non-hydrogen) atoms. The van der Waals surface area contributed by atoms with Crippen LogP contribution in [0, 0.1) is 16.0 Å². The highest BCUT2D eigenvalue weighted by molar-refractivity contribution is 5.63. The Bertz CT molecular complexity index is 1160. The van der Waals surface area contributed by atoms with Crippen LogP contribution in [0.5, 0.6) is 11.5 Å². The first kappa shape index (κ1) is 19.2. The van der Waals surface area contributed by atoms with E-state index in [9.17, 15) is 15.2 Å². The number of nitro groups is 1. The summed E-state index contributed by atoms with van der Waals surface area (Å²) in [6, 6.07) is 20.0. The Labute approximate surface area is 180 Å². The molecule has 6 nitrogen and oxygen atoms in total. The normalized spacial score (nSPS) is 21.1. The van der Waals surface area contributed by atoms with E-state index in [2.05, 4.69) is 23.5 Å². The lowest BCUT2D eigenvalue weighted by molar-refractivity contribution is -0.385. The number of phenols is 1. The Morgan fingerprint density at radius 3 is 2.71 bits per heavy atom. The molecule has 3 unspecified atom stereocenters. The molecule has 0 bridgehead atoms. The fourth-order valence-electron chi connectivity index (χ4n) is 4.62. The van der Waals surface area contributed by atoms with Crippen molar-refractivity contribution in [1.29, 1.82) is 0 Å². The number of nitrogens with zero attached hydrogens (tertiary/aromatic N) is 1. The van der Waals surface area contributed by atoms with E-state index < -0.39 is 4.92 Å². The Morgan fingerprint density at radius 1 is 1.06 bits per heavy atom. The van der Waals surface area contributed by atoms with E-state index in [0.717, 1.165) is 29.0 Å². The van der Waals surface area contributed by atoms with Crippen LogP contribution in [0.4, 0.5) is 11.4 Å². The molecular formula is C25H22N2O4. The van der Waals surface area contributed by atoms with Crippen LogP contribution in [0.15, 0.2) is 78.9 Å². The maximum absolute atomic E-state index is 11.3. The minimum Gasteiger partial charge on any atom is -0.508 e. The molecule has 6 heteroatoms. The van der Waals surface area contributed by atoms with Crippen LogP contribution in [0.25, 0.3) is 0 Å². The predicted molar refractivity (Wildman–Crippen MR) is 118 cm³/mol. The third-order valence-corrected chi connectivity index (χ3v) is 6.14. The van der Waals surface area contributed by atoms with Crippen LogP contribution in [-0.4, -0.2) is 10.0 Å². The van der Waals surface area contributed by atoms with E-state index in [1.165, 1.54) is 18.2 Å². The highest BCUT2D eigenvalue weighted by Gasteiger charge is 2.39. The summed E-state index contributed by atoms with van der Waals surface area (Å²) < 4.78 is 6.01. The standard InChI is InChI=1S/C25H22N2O4/c28-24-12-9-17(27(29)30)13-22(24)25-20-8-4-7-19(20)21-14-18(10-11-23(21)26-25)31-15-16-5-2-1-3-6-16/h1-7,9-14,19-20,25-26,28H,8,15H2. The van der Waals surface area contributed by atoms with Gasteiger partial charge >= 0.3 is 0 Å². The molecule has 156 valence electrons. The van der Waals surface area contributed by atoms with Gasteiger partial charge in [-0.25, -0.2) is 0 Å². The molecule has 0 amide bonds. The van der Waals surface area contributed by atoms with E-state index in [1.54, 1.807) is 0 Å². The van der Waals surface area contributed by atoms with Crippen molar-refractivity contribution in [1.82, 2.24) is 0 Å². The lowest BCUT2D eigenvalue weighted by Gasteiger charge is -2.37. The number of rotatable bonds is 5. The van der Waals surface area contributed by atoms with Gasteiger partial charge in [-0.3, -0.25) is 10.1 Å². The molecule has 0 fully saturated rings. The second kappa shape index (κ2) is 7.80. The molecule has 2 N–H and O–H groups in total. The summed E-state index contributed by atoms with van der Waals surface area (Å²) in [5.74, 6) is 1.19. The van der Waals surface area contributed by atoms with Crippen molar-refractivity contribution in [2.45, 2.75) is 25.0 Å². The summed E-state index contributed by atoms with van der Waals surface area (Å²) in [4.78, 5) is 10.8. The number of hydrogen-bond acceptors (Lipinski definition) is 5. The number of nitro benzene ring substituents is 1. The van der Waals surface area contributed by atoms with Gasteiger partial charge in [-0.2, -0.15) is 0 Å². The number of anilines is 1. The van der Waals surface area contributed by atoms with Crippen molar-refractivity contribution in [2.75, 3.05) is 5.32 Å². The van der Waals surface area contributed by atoms with Crippen LogP contribution in [0.3, 0.4) is 0 Å². The first-order valence-corrected chi connectivity index (χ1v) is 10.3. The van der Waals surface area contributed by atoms with Gasteiger partial charge in [0, 0.05) is 29.3 Å². The van der Waals surface area contributed by atoms with Crippen LogP contribution in [0.1, 0.15) is 35.1 Å². The van der Waals surface area contributed by atoms with Crippen molar-refractivity contribution in [2.24, 2.45) is 5.92 Å². The Balaban J connectivity index is 1.45. The van der Waals surface area contributed by atoms with E-state index in [1.807, 2.05) is 42.5 Å². The Kier molecular flexibility index (Phi) is 4.82. The zero-order valence-corrected chi connectivity index (χ0v) is 16.8. The third kappa shape index (κ3) is 3.61. The zero-order chi connectivity index (χ0) is 21.4. The minimum atomic E-state index is -0.430. The maximum Gasteiger partial charge on any atom is 0.270 e. The van der Waals surface area contributed by atoms with Gasteiger partial charge in [0.2, 0.25) is 0 Å². The summed E-state index contributed by atoms with van der Waals surface area (Å²) in [7, 11) is 0. The van der Waals surface area contributed by atoms with Gasteiger partial charge in [0.1, 0.15) is 18.1 Å². The molecule has 3 aromatic carbocycles. The highest BCUT2D eigenvalue weighted by Crippen LogP contribution is 2.52. The van der Waals surface area contributed by atoms with Crippen molar-refractivity contribution >= 4 is 11.4 Å². The first-order chi connectivity index (χ1) is 15.1. The highest BCUT2D eigenvalue weighted by atomic mass is 16.6. The monoisotopic (exact) mass is 414 g/mol. The van der Waals surface area contributed by atoms with E-state index >= 15 is 0 Å². The molecular weight excluding hydrogens is 392 g/mol. The second-order valence-electron chi connectivity index (χ2n) is 8.00. The lowest BCUT2D eigenvalue weighted by Crippen LogP contribution is -2.29. The fourth-order valence-corrected chi connectivity index (χ4v) is 4.62. The van der Waals surface area contributed by atoms with Crippen LogP contribution in [-0.2, 0) is 6.61 Å². The van der Waals surface area contributed by atoms with E-state index in [-0.39, 0.29) is 29.3 Å². The smallest absolute Gasteiger partial charge is 0.270 e. The topological polar surface area (TPSA) is 84.6 Å². The fraction of sp³-hybridized carbons (Fsp3) is 0.200. The van der Waals surface area contributed by atoms with E-state index in [4.69, 9.17) is 4.74 Å². The number of aromatic hydroxyl groups is 1. The molecule has 0 spiro atoms. The first-order valence-electron chi connectivity index (χ1n) is 10.3. The largest absolute Gasteiger partial charge is 0.508 e. The summed E-state index contributed by atoms with van der Waals surface area (Å²) in [5, 5.41) is 25.2. The number of non-ortho nitro benzene ring substituents is 1. The molecule has 1 heterocycles. The van der Waals surface area contributed by atoms with Crippen molar-refractivity contribution < 1.29 is 14.8 Å². The zero-order valence-electron chi connectivity index (χ0n) is 16.8. The summed E-state index contributed by atoms with van der Waals surface area (Å²) in [6.07, 6.45) is 5.16. The molecule has 0 aromatic heterocycles. The molecule has 1 aliphatic carbocycles. The van der Waals surface area contributed by atoms with Gasteiger partial charge in [-0.15, -0.1) is 0 Å². The molecule has 0 saturated carbocycles. The van der Waals surface area contributed by atoms with Gasteiger partial charge in [-0.1, -0.05) is 42.5 Å². The second-order valence-corrected chi connectivity index (χ2v) is 8.00. The summed E-state index contributed by atoms with van der Waals surface area (Å²) >= 11 is 0. The molecule has 2 aliphatic rings. The lowest BCUT2D eigenvalue weighted by atomic mass is 9.76. The number of benzene rings is 3. The molecule has 5 rings (SSSR count). The van der Waals surface area contributed by atoms with E-state index in [0.29, 0.717) is 12.2 Å². The molecule has 1 aliphatic heterocycles. The molecule has 3 atom stereocenters. The average molecular weight is 414 g/mol. The number of hydrogen-bond donors (Lipinski definition) is 2. The van der Waals surface area contributed by atoms with Gasteiger partial charge in [0.15, 0.2) is 0 Å². The SMILES string of the molecule is O=[N+]([O-])c1ccc(O)c(C2Nc3ccc(OCc4ccccc4)cc3C3C=CCC32)c1. The van der Waals surface area contributed by atoms with Crippen molar-refractivity contribution in [3.8, 4) is 11.5 Å². The van der Waals surface area contributed by atoms with Crippen LogP contribution < -0.4 is 10.1 Å². The third-order valence-electron chi connectivity index (χ3n) is 6.14. The number of phenolic OH excluding ortho intramolecular Hbond substituents is 1. The van der Waals surface area contributed by atoms with Gasteiger partial charge in [0.05, 0.1) is 11.0 Å². The molecule has 3 aromatic rings. The quantitative estimate of drug-likeness (QED) is 0.317. The predicted octanol–water partition coefficient (Wildman–Crippen LogP) is 5.71. The van der Waals surface area contributed by atoms with Gasteiger partial charge < -0.3 is 15.2 Å². The molecule has 0 radical (unpaired) electrons. The van der Waals surface area contributed by atoms with Crippen LogP contribution >= 0.6 is 0 Å². The number of ether oxygens (including phenoxy) is 1. The number of nitrogens with one attached hydrogen (secondary N) is 1. The molecule has 0 saturated heterocycles. The van der Waals surface area contributed by atoms with Crippen molar-refractivity contribution in [3.05, 3.63) is 106 Å². The Morgan fingerprint density at radius 2 is 1.90 bits per heavy atom.